The smallest absolute Gasteiger partial charge is 0.325 e. The van der Waals surface area contributed by atoms with Crippen molar-refractivity contribution < 1.29 is 14.3 Å². The molecule has 1 amide bonds. The van der Waals surface area contributed by atoms with Gasteiger partial charge in [-0.2, -0.15) is 5.10 Å². The highest BCUT2D eigenvalue weighted by Gasteiger charge is 2.18. The minimum Gasteiger partial charge on any atom is -0.462 e. The maximum absolute atomic E-state index is 12.4. The van der Waals surface area contributed by atoms with E-state index in [-0.39, 0.29) is 18.6 Å². The number of benzene rings is 1. The fourth-order valence-corrected chi connectivity index (χ4v) is 3.80. The Morgan fingerprint density at radius 2 is 2.08 bits per heavy atom. The summed E-state index contributed by atoms with van der Waals surface area (Å²) < 4.78 is 6.75. The van der Waals surface area contributed by atoms with Crippen LogP contribution in [-0.4, -0.2) is 34.3 Å². The van der Waals surface area contributed by atoms with Gasteiger partial charge in [0.05, 0.1) is 27.4 Å². The summed E-state index contributed by atoms with van der Waals surface area (Å²) in [6.07, 6.45) is -0.215. The van der Waals surface area contributed by atoms with Crippen LogP contribution in [-0.2, 0) is 9.53 Å². The Morgan fingerprint density at radius 3 is 2.77 bits per heavy atom. The number of hydrogen-bond donors (Lipinski definition) is 1. The van der Waals surface area contributed by atoms with Gasteiger partial charge >= 0.3 is 5.97 Å². The quantitative estimate of drug-likeness (QED) is 0.672. The third kappa shape index (κ3) is 3.73. The molecule has 3 rings (SSSR count). The van der Waals surface area contributed by atoms with E-state index in [1.165, 1.54) is 11.3 Å². The number of ether oxygens (including phenoxy) is 1. The van der Waals surface area contributed by atoms with Crippen LogP contribution in [0.4, 0.5) is 0 Å². The molecule has 0 aliphatic carbocycles. The van der Waals surface area contributed by atoms with E-state index in [0.29, 0.717) is 9.90 Å². The van der Waals surface area contributed by atoms with Crippen LogP contribution in [0.3, 0.4) is 0 Å². The van der Waals surface area contributed by atoms with E-state index in [9.17, 15) is 9.59 Å². The van der Waals surface area contributed by atoms with Gasteiger partial charge in [0.1, 0.15) is 11.4 Å². The molecule has 0 radical (unpaired) electrons. The van der Waals surface area contributed by atoms with Crippen LogP contribution in [0.25, 0.3) is 15.9 Å². The van der Waals surface area contributed by atoms with Gasteiger partial charge in [-0.25, -0.2) is 4.68 Å². The van der Waals surface area contributed by atoms with Crippen LogP contribution in [0.2, 0.25) is 5.02 Å². The van der Waals surface area contributed by atoms with E-state index in [1.54, 1.807) is 30.7 Å². The number of hydrogen-bond acceptors (Lipinski definition) is 5. The van der Waals surface area contributed by atoms with E-state index < -0.39 is 5.97 Å². The van der Waals surface area contributed by atoms with Crippen molar-refractivity contribution in [1.29, 1.82) is 0 Å². The highest BCUT2D eigenvalue weighted by atomic mass is 35.5. The van der Waals surface area contributed by atoms with E-state index in [4.69, 9.17) is 16.3 Å². The van der Waals surface area contributed by atoms with E-state index in [0.717, 1.165) is 21.6 Å². The van der Waals surface area contributed by atoms with Gasteiger partial charge in [-0.1, -0.05) is 23.7 Å². The molecule has 8 heteroatoms. The Kier molecular flexibility index (Phi) is 5.29. The molecule has 0 spiro atoms. The first-order valence-corrected chi connectivity index (χ1v) is 9.28. The standard InChI is InChI=1S/C18H18ClN3O3S/c1-10(2)25-16(23)9-20-17(24)15-8-12-11(3)21-22(18(12)26-15)14-7-5-4-6-13(14)19/h4-8,10H,9H2,1-3H3,(H,20,24). The molecule has 0 aliphatic heterocycles. The van der Waals surface area contributed by atoms with Gasteiger partial charge in [-0.05, 0) is 39.0 Å². The number of esters is 1. The molecule has 0 saturated carbocycles. The number of halogens is 1. The molecule has 2 heterocycles. The maximum Gasteiger partial charge on any atom is 0.325 e. The van der Waals surface area contributed by atoms with Gasteiger partial charge in [0.15, 0.2) is 0 Å². The molecule has 0 bridgehead atoms. The van der Waals surface area contributed by atoms with Crippen LogP contribution in [0, 0.1) is 6.92 Å². The van der Waals surface area contributed by atoms with Gasteiger partial charge in [0, 0.05) is 5.39 Å². The van der Waals surface area contributed by atoms with Crippen molar-refractivity contribution in [2.24, 2.45) is 0 Å². The van der Waals surface area contributed by atoms with Gasteiger partial charge in [-0.3, -0.25) is 9.59 Å². The van der Waals surface area contributed by atoms with Crippen molar-refractivity contribution in [2.45, 2.75) is 26.9 Å². The number of nitrogens with zero attached hydrogens (tertiary/aromatic N) is 2. The lowest BCUT2D eigenvalue weighted by Gasteiger charge is -2.08. The molecular weight excluding hydrogens is 374 g/mol. The summed E-state index contributed by atoms with van der Waals surface area (Å²) in [6.45, 7) is 5.23. The minimum absolute atomic E-state index is 0.166. The lowest BCUT2D eigenvalue weighted by molar-refractivity contribution is -0.146. The summed E-state index contributed by atoms with van der Waals surface area (Å²) in [7, 11) is 0. The number of nitrogens with one attached hydrogen (secondary N) is 1. The van der Waals surface area contributed by atoms with Crippen LogP contribution in [0.1, 0.15) is 29.2 Å². The molecule has 2 aromatic heterocycles. The summed E-state index contributed by atoms with van der Waals surface area (Å²) in [5.74, 6) is -0.787. The van der Waals surface area contributed by atoms with Crippen molar-refractivity contribution in [3.63, 3.8) is 0 Å². The van der Waals surface area contributed by atoms with Crippen LogP contribution in [0.15, 0.2) is 30.3 Å². The Balaban J connectivity index is 1.86. The zero-order valence-electron chi connectivity index (χ0n) is 14.6. The monoisotopic (exact) mass is 391 g/mol. The van der Waals surface area contributed by atoms with Crippen molar-refractivity contribution in [1.82, 2.24) is 15.1 Å². The zero-order chi connectivity index (χ0) is 18.8. The van der Waals surface area contributed by atoms with E-state index >= 15 is 0 Å². The number of carbonyl (C=O) groups is 2. The van der Waals surface area contributed by atoms with Crippen molar-refractivity contribution in [2.75, 3.05) is 6.54 Å². The normalized spacial score (nSPS) is 11.1. The number of aryl methyl sites for hydroxylation is 1. The van der Waals surface area contributed by atoms with Crippen molar-refractivity contribution in [3.05, 3.63) is 45.9 Å². The van der Waals surface area contributed by atoms with Crippen LogP contribution in [0.5, 0.6) is 0 Å². The molecule has 26 heavy (non-hydrogen) atoms. The molecule has 0 saturated heterocycles. The molecule has 1 aromatic carbocycles. The summed E-state index contributed by atoms with van der Waals surface area (Å²) >= 11 is 7.58. The van der Waals surface area contributed by atoms with Gasteiger partial charge < -0.3 is 10.1 Å². The first-order valence-electron chi connectivity index (χ1n) is 8.08. The first-order chi connectivity index (χ1) is 12.4. The first kappa shape index (κ1) is 18.4. The van der Waals surface area contributed by atoms with Gasteiger partial charge in [-0.15, -0.1) is 11.3 Å². The number of amides is 1. The second-order valence-electron chi connectivity index (χ2n) is 6.00. The molecule has 0 aliphatic rings. The van der Waals surface area contributed by atoms with Crippen LogP contribution >= 0.6 is 22.9 Å². The molecule has 136 valence electrons. The number of carbonyl (C=O) groups excluding carboxylic acids is 2. The predicted molar refractivity (Wildman–Crippen MR) is 102 cm³/mol. The molecule has 0 atom stereocenters. The summed E-state index contributed by atoms with van der Waals surface area (Å²) in [5.41, 5.74) is 1.55. The van der Waals surface area contributed by atoms with E-state index in [2.05, 4.69) is 10.4 Å². The second-order valence-corrected chi connectivity index (χ2v) is 7.44. The lowest BCUT2D eigenvalue weighted by Crippen LogP contribution is -2.31. The lowest BCUT2D eigenvalue weighted by atomic mass is 10.3. The largest absolute Gasteiger partial charge is 0.462 e. The average Bonchev–Trinajstić information content (AvgIpc) is 3.14. The Morgan fingerprint density at radius 1 is 1.35 bits per heavy atom. The Hall–Kier alpha value is -2.38. The third-order valence-corrected chi connectivity index (χ3v) is 5.04. The molecule has 3 aromatic rings. The molecule has 6 nitrogen and oxygen atoms in total. The fourth-order valence-electron chi connectivity index (χ4n) is 2.49. The number of aromatic nitrogens is 2. The fraction of sp³-hybridized carbons (Fsp3) is 0.278. The van der Waals surface area contributed by atoms with E-state index in [1.807, 2.05) is 25.1 Å². The predicted octanol–water partition coefficient (Wildman–Crippen LogP) is 3.73. The number of rotatable bonds is 5. The second kappa shape index (κ2) is 7.47. The molecule has 0 unspecified atom stereocenters. The average molecular weight is 392 g/mol. The number of thiophene rings is 1. The van der Waals surface area contributed by atoms with Gasteiger partial charge in [0.25, 0.3) is 5.91 Å². The number of para-hydroxylation sites is 1. The minimum atomic E-state index is -0.465. The summed E-state index contributed by atoms with van der Waals surface area (Å²) in [4.78, 5) is 25.3. The topological polar surface area (TPSA) is 73.2 Å². The Bertz CT molecular complexity index is 977. The van der Waals surface area contributed by atoms with Crippen LogP contribution < -0.4 is 5.32 Å². The summed E-state index contributed by atoms with van der Waals surface area (Å²) in [6, 6.07) is 9.17. The van der Waals surface area contributed by atoms with Gasteiger partial charge in [0.2, 0.25) is 0 Å². The number of fused-ring (bicyclic) bond motifs is 1. The molecule has 0 fully saturated rings. The SMILES string of the molecule is Cc1nn(-c2ccccc2Cl)c2sc(C(=O)NCC(=O)OC(C)C)cc12. The Labute approximate surface area is 159 Å². The zero-order valence-corrected chi connectivity index (χ0v) is 16.1. The molecule has 1 N–H and O–H groups in total. The maximum atomic E-state index is 12.4. The molecular formula is C18H18ClN3O3S. The highest BCUT2D eigenvalue weighted by Crippen LogP contribution is 2.32. The van der Waals surface area contributed by atoms with Crippen molar-refractivity contribution >= 4 is 45.0 Å². The highest BCUT2D eigenvalue weighted by molar-refractivity contribution is 7.20. The van der Waals surface area contributed by atoms with Crippen molar-refractivity contribution in [3.8, 4) is 5.69 Å². The third-order valence-electron chi connectivity index (χ3n) is 3.61. The summed E-state index contributed by atoms with van der Waals surface area (Å²) in [5, 5.41) is 8.57.